The molecular formula is C4H6O4Te. The molecule has 0 aliphatic carbocycles. The fraction of sp³-hybridized carbons (Fsp3) is 0.500. The van der Waals surface area contributed by atoms with Crippen molar-refractivity contribution in [2.75, 3.05) is 0 Å². The number of rotatable bonds is 0. The van der Waals surface area contributed by atoms with Gasteiger partial charge in [0.1, 0.15) is 0 Å². The van der Waals surface area contributed by atoms with E-state index in [-0.39, 0.29) is 23.7 Å². The van der Waals surface area contributed by atoms with Crippen molar-refractivity contribution in [2.45, 2.75) is 13.8 Å². The first kappa shape index (κ1) is 15.9. The number of carbonyl (C=O) groups excluding carboxylic acids is 2. The predicted molar refractivity (Wildman–Crippen MR) is 27.1 cm³/mol. The van der Waals surface area contributed by atoms with Crippen LogP contribution >= 0.6 is 0 Å². The average molecular weight is 246 g/mol. The summed E-state index contributed by atoms with van der Waals surface area (Å²) in [5.74, 6) is -2.17. The van der Waals surface area contributed by atoms with Gasteiger partial charge >= 0.3 is 23.7 Å². The van der Waals surface area contributed by atoms with E-state index in [0.29, 0.717) is 0 Å². The molecule has 0 aliphatic heterocycles. The Labute approximate surface area is 69.6 Å². The van der Waals surface area contributed by atoms with Crippen LogP contribution < -0.4 is 10.2 Å². The minimum atomic E-state index is -1.08. The van der Waals surface area contributed by atoms with Gasteiger partial charge in [-0.2, -0.15) is 0 Å². The van der Waals surface area contributed by atoms with Crippen LogP contribution in [0.5, 0.6) is 0 Å². The van der Waals surface area contributed by atoms with Gasteiger partial charge in [0.05, 0.1) is 0 Å². The minimum absolute atomic E-state index is 0. The van der Waals surface area contributed by atoms with Gasteiger partial charge in [-0.3, -0.25) is 0 Å². The summed E-state index contributed by atoms with van der Waals surface area (Å²) in [4.78, 5) is 17.8. The van der Waals surface area contributed by atoms with Gasteiger partial charge in [-0.25, -0.2) is 0 Å². The van der Waals surface area contributed by atoms with Gasteiger partial charge < -0.3 is 19.8 Å². The van der Waals surface area contributed by atoms with E-state index in [0.717, 1.165) is 13.8 Å². The fourth-order valence-corrected chi connectivity index (χ4v) is 0. The second-order valence-electron chi connectivity index (χ2n) is 0.983. The van der Waals surface area contributed by atoms with E-state index in [1.54, 1.807) is 0 Å². The maximum atomic E-state index is 8.89. The van der Waals surface area contributed by atoms with E-state index < -0.39 is 11.9 Å². The van der Waals surface area contributed by atoms with Crippen LogP contribution in [0, 0.1) is 0 Å². The van der Waals surface area contributed by atoms with Crippen LogP contribution in [0.1, 0.15) is 13.8 Å². The summed E-state index contributed by atoms with van der Waals surface area (Å²) < 4.78 is 0. The first-order chi connectivity index (χ1) is 3.46. The number of carboxylic acid groups (broad SMARTS) is 2. The predicted octanol–water partition coefficient (Wildman–Crippen LogP) is -2.87. The maximum absolute atomic E-state index is 8.89. The molecule has 0 saturated carbocycles. The molecule has 0 amide bonds. The standard InChI is InChI=1S/2C2H4O2.Te/c2*1-2(3)4;/h2*1H3,(H,3,4);/q;;+2/p-2. The van der Waals surface area contributed by atoms with Crippen molar-refractivity contribution in [3.05, 3.63) is 0 Å². The third-order valence-corrected chi connectivity index (χ3v) is 0. The Kier molecular flexibility index (Phi) is 18.8. The van der Waals surface area contributed by atoms with Crippen molar-refractivity contribution < 1.29 is 19.8 Å². The van der Waals surface area contributed by atoms with Crippen molar-refractivity contribution in [3.8, 4) is 0 Å². The Hall–Kier alpha value is -0.270. The molecule has 5 heteroatoms. The number of aliphatic carboxylic acids is 2. The van der Waals surface area contributed by atoms with Crippen LogP contribution in [-0.2, 0) is 9.59 Å². The molecule has 4 radical (unpaired) electrons. The van der Waals surface area contributed by atoms with Crippen LogP contribution in [-0.4, -0.2) is 35.6 Å². The molecule has 0 unspecified atom stereocenters. The quantitative estimate of drug-likeness (QED) is 0.430. The van der Waals surface area contributed by atoms with Crippen LogP contribution in [0.15, 0.2) is 0 Å². The van der Waals surface area contributed by atoms with E-state index in [1.165, 1.54) is 0 Å². The Balaban J connectivity index is -0.0000000720. The molecule has 0 heterocycles. The zero-order valence-electron chi connectivity index (χ0n) is 5.04. The Morgan fingerprint density at radius 3 is 1.00 bits per heavy atom. The van der Waals surface area contributed by atoms with Gasteiger partial charge in [0.2, 0.25) is 0 Å². The smallest absolute Gasteiger partial charge is 0.550 e. The van der Waals surface area contributed by atoms with Gasteiger partial charge in [-0.05, 0) is 13.8 Å². The van der Waals surface area contributed by atoms with Crippen molar-refractivity contribution in [2.24, 2.45) is 0 Å². The Morgan fingerprint density at radius 1 is 1.00 bits per heavy atom. The molecule has 0 N–H and O–H groups in total. The second-order valence-corrected chi connectivity index (χ2v) is 0.983. The molecular weight excluding hydrogens is 240 g/mol. The van der Waals surface area contributed by atoms with E-state index in [2.05, 4.69) is 0 Å². The first-order valence-electron chi connectivity index (χ1n) is 1.82. The number of hydrogen-bond acceptors (Lipinski definition) is 4. The molecule has 0 atom stereocenters. The molecule has 52 valence electrons. The van der Waals surface area contributed by atoms with E-state index in [9.17, 15) is 0 Å². The van der Waals surface area contributed by atoms with Crippen LogP contribution in [0.4, 0.5) is 0 Å². The monoisotopic (exact) mass is 248 g/mol. The summed E-state index contributed by atoms with van der Waals surface area (Å²) >= 11 is 0. The van der Waals surface area contributed by atoms with Crippen LogP contribution in [0.3, 0.4) is 0 Å². The molecule has 0 aliphatic rings. The fourth-order valence-electron chi connectivity index (χ4n) is 0. The summed E-state index contributed by atoms with van der Waals surface area (Å²) in [6.07, 6.45) is 0. The van der Waals surface area contributed by atoms with Crippen LogP contribution in [0.25, 0.3) is 0 Å². The molecule has 0 rings (SSSR count). The largest absolute Gasteiger partial charge is 2.00 e. The summed E-state index contributed by atoms with van der Waals surface area (Å²) in [6.45, 7) is 1.94. The summed E-state index contributed by atoms with van der Waals surface area (Å²) in [5, 5.41) is 17.8. The third kappa shape index (κ3) is 3470. The molecule has 0 bridgehead atoms. The molecule has 0 saturated heterocycles. The van der Waals surface area contributed by atoms with Gasteiger partial charge in [-0.1, -0.05) is 0 Å². The molecule has 0 aromatic rings. The number of carboxylic acids is 2. The molecule has 9 heavy (non-hydrogen) atoms. The molecule has 0 aromatic carbocycles. The SMILES string of the molecule is CC(=O)[O-].CC(=O)[O-].[Te+2]. The van der Waals surface area contributed by atoms with Crippen molar-refractivity contribution in [1.82, 2.24) is 0 Å². The van der Waals surface area contributed by atoms with Crippen molar-refractivity contribution in [3.63, 3.8) is 0 Å². The normalized spacial score (nSPS) is 5.56. The van der Waals surface area contributed by atoms with Crippen LogP contribution in [0.2, 0.25) is 0 Å². The zero-order chi connectivity index (χ0) is 7.15. The zero-order valence-corrected chi connectivity index (χ0v) is 7.37. The van der Waals surface area contributed by atoms with Gasteiger partial charge in [0.25, 0.3) is 0 Å². The second kappa shape index (κ2) is 10.7. The summed E-state index contributed by atoms with van der Waals surface area (Å²) in [7, 11) is 0. The Bertz CT molecular complexity index is 70.6. The van der Waals surface area contributed by atoms with E-state index in [1.807, 2.05) is 0 Å². The number of carbonyl (C=O) groups is 2. The summed E-state index contributed by atoms with van der Waals surface area (Å²) in [6, 6.07) is 0. The third-order valence-electron chi connectivity index (χ3n) is 0. The molecule has 4 nitrogen and oxygen atoms in total. The Morgan fingerprint density at radius 2 is 1.00 bits per heavy atom. The average Bonchev–Trinajstić information content (AvgIpc) is 1.25. The first-order valence-corrected chi connectivity index (χ1v) is 1.82. The van der Waals surface area contributed by atoms with Crippen molar-refractivity contribution in [1.29, 1.82) is 0 Å². The van der Waals surface area contributed by atoms with E-state index in [4.69, 9.17) is 19.8 Å². The summed E-state index contributed by atoms with van der Waals surface area (Å²) in [5.41, 5.74) is 0. The van der Waals surface area contributed by atoms with Gasteiger partial charge in [0.15, 0.2) is 0 Å². The topological polar surface area (TPSA) is 80.3 Å². The van der Waals surface area contributed by atoms with Gasteiger partial charge in [-0.15, -0.1) is 0 Å². The molecule has 0 spiro atoms. The minimum Gasteiger partial charge on any atom is -0.550 e. The van der Waals surface area contributed by atoms with Crippen molar-refractivity contribution >= 4 is 35.6 Å². The number of hydrogen-bond donors (Lipinski definition) is 0. The molecule has 0 fully saturated rings. The van der Waals surface area contributed by atoms with Gasteiger partial charge in [0, 0.05) is 11.9 Å². The molecule has 0 aromatic heterocycles. The van der Waals surface area contributed by atoms with E-state index >= 15 is 0 Å². The maximum Gasteiger partial charge on any atom is 2.00 e.